The molecule has 5 nitrogen and oxygen atoms in total. The zero-order valence-corrected chi connectivity index (χ0v) is 15.0. The van der Waals surface area contributed by atoms with Crippen molar-refractivity contribution in [2.45, 2.75) is 19.9 Å². The Morgan fingerprint density at radius 2 is 1.88 bits per heavy atom. The van der Waals surface area contributed by atoms with Gasteiger partial charge in [-0.2, -0.15) is 0 Å². The van der Waals surface area contributed by atoms with Gasteiger partial charge in [-0.15, -0.1) is 0 Å². The molecule has 0 fully saturated rings. The van der Waals surface area contributed by atoms with Gasteiger partial charge in [0.2, 0.25) is 5.91 Å². The number of hydrogen-bond acceptors (Lipinski definition) is 3. The van der Waals surface area contributed by atoms with E-state index in [0.29, 0.717) is 34.2 Å². The van der Waals surface area contributed by atoms with Crippen molar-refractivity contribution < 1.29 is 4.79 Å². The van der Waals surface area contributed by atoms with Gasteiger partial charge in [0.1, 0.15) is 12.4 Å². The molecule has 1 N–H and O–H groups in total. The number of halogens is 1. The SMILES string of the molecule is CCc1cc(=O)n(CC(=O)Nc2ccccc2)c(-c2cccc(Cl)c2)n1. The van der Waals surface area contributed by atoms with Gasteiger partial charge in [0.25, 0.3) is 5.56 Å². The minimum atomic E-state index is -0.298. The number of carbonyl (C=O) groups is 1. The average molecular weight is 368 g/mol. The summed E-state index contributed by atoms with van der Waals surface area (Å²) >= 11 is 6.08. The van der Waals surface area contributed by atoms with Gasteiger partial charge in [0.05, 0.1) is 0 Å². The van der Waals surface area contributed by atoms with Gasteiger partial charge in [-0.05, 0) is 30.7 Å². The lowest BCUT2D eigenvalue weighted by molar-refractivity contribution is -0.116. The fourth-order valence-electron chi connectivity index (χ4n) is 2.60. The molecule has 0 aliphatic carbocycles. The Hall–Kier alpha value is -2.92. The first kappa shape index (κ1) is 17.9. The van der Waals surface area contributed by atoms with Crippen molar-refractivity contribution in [3.8, 4) is 11.4 Å². The number of aryl methyl sites for hydroxylation is 1. The summed E-state index contributed by atoms with van der Waals surface area (Å²) in [5, 5.41) is 3.32. The molecule has 3 rings (SSSR count). The topological polar surface area (TPSA) is 64.0 Å². The van der Waals surface area contributed by atoms with Crippen LogP contribution in [0.25, 0.3) is 11.4 Å². The van der Waals surface area contributed by atoms with E-state index >= 15 is 0 Å². The normalized spacial score (nSPS) is 10.5. The zero-order valence-electron chi connectivity index (χ0n) is 14.3. The average Bonchev–Trinajstić information content (AvgIpc) is 2.64. The van der Waals surface area contributed by atoms with E-state index in [-0.39, 0.29) is 18.0 Å². The Morgan fingerprint density at radius 3 is 2.58 bits per heavy atom. The highest BCUT2D eigenvalue weighted by Crippen LogP contribution is 2.20. The first-order valence-corrected chi connectivity index (χ1v) is 8.66. The van der Waals surface area contributed by atoms with Crippen LogP contribution in [0.1, 0.15) is 12.6 Å². The van der Waals surface area contributed by atoms with Crippen LogP contribution < -0.4 is 10.9 Å². The van der Waals surface area contributed by atoms with E-state index in [1.807, 2.05) is 31.2 Å². The molecule has 0 spiro atoms. The molecule has 0 bridgehead atoms. The molecule has 0 unspecified atom stereocenters. The highest BCUT2D eigenvalue weighted by molar-refractivity contribution is 6.30. The van der Waals surface area contributed by atoms with Gasteiger partial charge in [0.15, 0.2) is 0 Å². The van der Waals surface area contributed by atoms with Crippen LogP contribution in [-0.2, 0) is 17.8 Å². The fraction of sp³-hybridized carbons (Fsp3) is 0.150. The standard InChI is InChI=1S/C20H18ClN3O2/c1-2-16-12-19(26)24(13-18(25)22-17-9-4-3-5-10-17)20(23-16)14-7-6-8-15(21)11-14/h3-12H,2,13H2,1H3,(H,22,25). The first-order valence-electron chi connectivity index (χ1n) is 8.28. The van der Waals surface area contributed by atoms with Crippen molar-refractivity contribution in [1.82, 2.24) is 9.55 Å². The Balaban J connectivity index is 1.98. The summed E-state index contributed by atoms with van der Waals surface area (Å²) in [5.41, 5.74) is 1.77. The summed E-state index contributed by atoms with van der Waals surface area (Å²) in [6.07, 6.45) is 0.625. The monoisotopic (exact) mass is 367 g/mol. The molecule has 1 heterocycles. The van der Waals surface area contributed by atoms with Crippen molar-refractivity contribution in [3.05, 3.63) is 81.7 Å². The van der Waals surface area contributed by atoms with Crippen LogP contribution in [0.5, 0.6) is 0 Å². The number of nitrogens with zero attached hydrogens (tertiary/aromatic N) is 2. The second-order valence-electron chi connectivity index (χ2n) is 5.77. The number of rotatable bonds is 5. The molecule has 0 radical (unpaired) electrons. The number of para-hydroxylation sites is 1. The lowest BCUT2D eigenvalue weighted by Gasteiger charge is -2.14. The van der Waals surface area contributed by atoms with E-state index in [9.17, 15) is 9.59 Å². The fourth-order valence-corrected chi connectivity index (χ4v) is 2.79. The van der Waals surface area contributed by atoms with Gasteiger partial charge in [-0.1, -0.05) is 48.9 Å². The van der Waals surface area contributed by atoms with Crippen LogP contribution in [-0.4, -0.2) is 15.5 Å². The van der Waals surface area contributed by atoms with E-state index in [4.69, 9.17) is 11.6 Å². The van der Waals surface area contributed by atoms with Gasteiger partial charge in [-0.3, -0.25) is 14.2 Å². The molecule has 1 amide bonds. The van der Waals surface area contributed by atoms with Gasteiger partial charge < -0.3 is 5.32 Å². The minimum absolute atomic E-state index is 0.132. The number of hydrogen-bond donors (Lipinski definition) is 1. The quantitative estimate of drug-likeness (QED) is 0.746. The Labute approximate surface area is 156 Å². The molecular weight excluding hydrogens is 350 g/mol. The Kier molecular flexibility index (Phi) is 5.49. The summed E-state index contributed by atoms with van der Waals surface area (Å²) in [5.74, 6) is 0.132. The minimum Gasteiger partial charge on any atom is -0.325 e. The molecular formula is C20H18ClN3O2. The van der Waals surface area contributed by atoms with E-state index in [1.54, 1.807) is 30.3 Å². The number of anilines is 1. The maximum Gasteiger partial charge on any atom is 0.254 e. The first-order chi connectivity index (χ1) is 12.6. The van der Waals surface area contributed by atoms with E-state index in [2.05, 4.69) is 10.3 Å². The predicted octanol–water partition coefficient (Wildman–Crippen LogP) is 3.76. The second-order valence-corrected chi connectivity index (χ2v) is 6.21. The third-order valence-corrected chi connectivity index (χ3v) is 4.10. The summed E-state index contributed by atoms with van der Waals surface area (Å²) in [7, 11) is 0. The number of benzene rings is 2. The maximum absolute atomic E-state index is 12.6. The summed E-state index contributed by atoms with van der Waals surface area (Å²) in [6.45, 7) is 1.79. The van der Waals surface area contributed by atoms with E-state index in [0.717, 1.165) is 0 Å². The molecule has 3 aromatic rings. The van der Waals surface area contributed by atoms with Gasteiger partial charge in [0, 0.05) is 28.0 Å². The number of carbonyl (C=O) groups excluding carboxylic acids is 1. The predicted molar refractivity (Wildman–Crippen MR) is 103 cm³/mol. The van der Waals surface area contributed by atoms with Crippen LogP contribution in [0, 0.1) is 0 Å². The smallest absolute Gasteiger partial charge is 0.254 e. The zero-order chi connectivity index (χ0) is 18.5. The lowest BCUT2D eigenvalue weighted by Crippen LogP contribution is -2.30. The Morgan fingerprint density at radius 1 is 1.12 bits per heavy atom. The van der Waals surface area contributed by atoms with Crippen LogP contribution in [0.3, 0.4) is 0 Å². The second kappa shape index (κ2) is 7.97. The molecule has 26 heavy (non-hydrogen) atoms. The third-order valence-electron chi connectivity index (χ3n) is 3.87. The summed E-state index contributed by atoms with van der Waals surface area (Å²) in [6, 6.07) is 17.7. The summed E-state index contributed by atoms with van der Waals surface area (Å²) < 4.78 is 1.36. The lowest BCUT2D eigenvalue weighted by atomic mass is 10.2. The van der Waals surface area contributed by atoms with Gasteiger partial charge >= 0.3 is 0 Å². The van der Waals surface area contributed by atoms with Crippen molar-refractivity contribution in [2.24, 2.45) is 0 Å². The van der Waals surface area contributed by atoms with Crippen molar-refractivity contribution in [3.63, 3.8) is 0 Å². The molecule has 0 saturated heterocycles. The summed E-state index contributed by atoms with van der Waals surface area (Å²) in [4.78, 5) is 29.5. The Bertz CT molecular complexity index is 984. The van der Waals surface area contributed by atoms with Crippen molar-refractivity contribution in [2.75, 3.05) is 5.32 Å². The molecule has 0 aliphatic heterocycles. The molecule has 132 valence electrons. The van der Waals surface area contributed by atoms with Gasteiger partial charge in [-0.25, -0.2) is 4.98 Å². The van der Waals surface area contributed by atoms with Crippen LogP contribution in [0.2, 0.25) is 5.02 Å². The number of nitrogens with one attached hydrogen (secondary N) is 1. The van der Waals surface area contributed by atoms with Crippen LogP contribution in [0.15, 0.2) is 65.5 Å². The molecule has 0 saturated carbocycles. The van der Waals surface area contributed by atoms with Crippen molar-refractivity contribution in [1.29, 1.82) is 0 Å². The van der Waals surface area contributed by atoms with Crippen LogP contribution in [0.4, 0.5) is 5.69 Å². The van der Waals surface area contributed by atoms with Crippen molar-refractivity contribution >= 4 is 23.2 Å². The molecule has 6 heteroatoms. The van der Waals surface area contributed by atoms with E-state index < -0.39 is 0 Å². The van der Waals surface area contributed by atoms with E-state index in [1.165, 1.54) is 10.6 Å². The number of amides is 1. The molecule has 0 atom stereocenters. The third kappa shape index (κ3) is 4.18. The molecule has 1 aromatic heterocycles. The number of aromatic nitrogens is 2. The molecule has 2 aromatic carbocycles. The highest BCUT2D eigenvalue weighted by Gasteiger charge is 2.14. The highest BCUT2D eigenvalue weighted by atomic mass is 35.5. The maximum atomic E-state index is 12.6. The van der Waals surface area contributed by atoms with Crippen LogP contribution >= 0.6 is 11.6 Å². The molecule has 0 aliphatic rings. The largest absolute Gasteiger partial charge is 0.325 e.